The Kier molecular flexibility index (Phi) is 2.28. The molecule has 1 heterocycles. The first-order chi connectivity index (χ1) is 7.86. The minimum Gasteiger partial charge on any atom is -0.361 e. The number of fused-ring (bicyclic) bond motifs is 1. The first-order valence-corrected chi connectivity index (χ1v) is 5.95. The second-order valence-corrected chi connectivity index (χ2v) is 4.55. The van der Waals surface area contributed by atoms with E-state index in [0.29, 0.717) is 5.78 Å². The molecule has 1 atom stereocenters. The largest absolute Gasteiger partial charge is 0.361 e. The molecule has 1 aliphatic rings. The third-order valence-corrected chi connectivity index (χ3v) is 3.55. The van der Waals surface area contributed by atoms with E-state index in [1.54, 1.807) is 0 Å². The fourth-order valence-electron chi connectivity index (χ4n) is 2.69. The van der Waals surface area contributed by atoms with Crippen LogP contribution in [0.4, 0.5) is 0 Å². The van der Waals surface area contributed by atoms with Gasteiger partial charge in [-0.3, -0.25) is 4.79 Å². The van der Waals surface area contributed by atoms with Crippen molar-refractivity contribution in [1.29, 1.82) is 0 Å². The molecule has 0 aliphatic heterocycles. The number of hydrogen-bond acceptors (Lipinski definition) is 1. The molecule has 1 saturated carbocycles. The number of aromatic amines is 1. The lowest BCUT2D eigenvalue weighted by Crippen LogP contribution is -2.16. The smallest absolute Gasteiger partial charge is 0.140 e. The summed E-state index contributed by atoms with van der Waals surface area (Å²) in [6.45, 7) is 0. The quantitative estimate of drug-likeness (QED) is 0.773. The highest BCUT2D eigenvalue weighted by Gasteiger charge is 2.25. The van der Waals surface area contributed by atoms with E-state index in [1.165, 1.54) is 17.4 Å². The first-order valence-electron chi connectivity index (χ1n) is 5.95. The number of carbonyl (C=O) groups is 1. The summed E-state index contributed by atoms with van der Waals surface area (Å²) in [5, 5.41) is 1.21. The number of para-hydroxylation sites is 1. The summed E-state index contributed by atoms with van der Waals surface area (Å²) in [4.78, 5) is 15.2. The monoisotopic (exact) mass is 213 g/mol. The van der Waals surface area contributed by atoms with Crippen LogP contribution >= 0.6 is 0 Å². The van der Waals surface area contributed by atoms with Crippen LogP contribution in [0.1, 0.15) is 37.2 Å². The normalized spacial score (nSPS) is 21.5. The second kappa shape index (κ2) is 3.78. The third-order valence-electron chi connectivity index (χ3n) is 3.55. The topological polar surface area (TPSA) is 32.9 Å². The molecule has 0 bridgehead atoms. The van der Waals surface area contributed by atoms with Gasteiger partial charge in [0.1, 0.15) is 5.78 Å². The Morgan fingerprint density at radius 3 is 2.94 bits per heavy atom. The molecule has 2 aromatic rings. The standard InChI is InChI=1S/C14H15NO/c16-14-8-4-2-6-11(14)12-9-15-13-7-3-1-5-10(12)13/h1,3,5,7,9,11,15H,2,4,6,8H2/t11-/m1/s1. The molecule has 1 aromatic heterocycles. The van der Waals surface area contributed by atoms with Gasteiger partial charge in [0, 0.05) is 29.4 Å². The summed E-state index contributed by atoms with van der Waals surface area (Å²) in [7, 11) is 0. The van der Waals surface area contributed by atoms with E-state index in [9.17, 15) is 4.79 Å². The lowest BCUT2D eigenvalue weighted by Gasteiger charge is -2.19. The zero-order chi connectivity index (χ0) is 11.0. The average Bonchev–Trinajstić information content (AvgIpc) is 2.74. The van der Waals surface area contributed by atoms with Crippen molar-refractivity contribution in [3.8, 4) is 0 Å². The highest BCUT2D eigenvalue weighted by molar-refractivity contribution is 5.93. The van der Waals surface area contributed by atoms with Crippen molar-refractivity contribution in [2.24, 2.45) is 0 Å². The van der Waals surface area contributed by atoms with E-state index in [2.05, 4.69) is 17.1 Å². The second-order valence-electron chi connectivity index (χ2n) is 4.55. The molecular weight excluding hydrogens is 198 g/mol. The minimum atomic E-state index is 0.130. The van der Waals surface area contributed by atoms with Gasteiger partial charge < -0.3 is 4.98 Å². The van der Waals surface area contributed by atoms with E-state index in [4.69, 9.17) is 0 Å². The van der Waals surface area contributed by atoms with Crippen LogP contribution < -0.4 is 0 Å². The molecule has 1 aromatic carbocycles. The van der Waals surface area contributed by atoms with Gasteiger partial charge in [0.15, 0.2) is 0 Å². The summed E-state index contributed by atoms with van der Waals surface area (Å²) < 4.78 is 0. The van der Waals surface area contributed by atoms with Crippen molar-refractivity contribution in [2.75, 3.05) is 0 Å². The zero-order valence-corrected chi connectivity index (χ0v) is 9.20. The molecule has 1 N–H and O–H groups in total. The Balaban J connectivity index is 2.08. The van der Waals surface area contributed by atoms with E-state index >= 15 is 0 Å². The molecule has 0 radical (unpaired) electrons. The Morgan fingerprint density at radius 1 is 1.19 bits per heavy atom. The van der Waals surface area contributed by atoms with Gasteiger partial charge in [-0.25, -0.2) is 0 Å². The Labute approximate surface area is 94.7 Å². The number of carbonyl (C=O) groups excluding carboxylic acids is 1. The summed E-state index contributed by atoms with van der Waals surface area (Å²) >= 11 is 0. The van der Waals surface area contributed by atoms with Crippen LogP contribution in [0.5, 0.6) is 0 Å². The zero-order valence-electron chi connectivity index (χ0n) is 9.20. The maximum atomic E-state index is 11.9. The molecule has 1 fully saturated rings. The van der Waals surface area contributed by atoms with Crippen LogP contribution in [0.25, 0.3) is 10.9 Å². The number of rotatable bonds is 1. The third kappa shape index (κ3) is 1.45. The van der Waals surface area contributed by atoms with Gasteiger partial charge in [-0.15, -0.1) is 0 Å². The predicted octanol–water partition coefficient (Wildman–Crippen LogP) is 3.39. The summed E-state index contributed by atoms with van der Waals surface area (Å²) in [6.07, 6.45) is 6.02. The van der Waals surface area contributed by atoms with Crippen LogP contribution in [-0.4, -0.2) is 10.8 Å². The molecule has 16 heavy (non-hydrogen) atoms. The van der Waals surface area contributed by atoms with E-state index in [1.807, 2.05) is 18.3 Å². The van der Waals surface area contributed by atoms with Crippen LogP contribution in [0.3, 0.4) is 0 Å². The van der Waals surface area contributed by atoms with Gasteiger partial charge in [-0.2, -0.15) is 0 Å². The molecule has 2 heteroatoms. The highest BCUT2D eigenvalue weighted by Crippen LogP contribution is 2.34. The summed E-state index contributed by atoms with van der Waals surface area (Å²) in [5.41, 5.74) is 2.33. The molecule has 82 valence electrons. The average molecular weight is 213 g/mol. The number of hydrogen-bond donors (Lipinski definition) is 1. The van der Waals surface area contributed by atoms with Crippen LogP contribution in [-0.2, 0) is 4.79 Å². The van der Waals surface area contributed by atoms with Crippen molar-refractivity contribution in [2.45, 2.75) is 31.6 Å². The molecule has 0 spiro atoms. The molecular formula is C14H15NO. The number of aromatic nitrogens is 1. The number of Topliss-reactive ketones (excluding diaryl/α,β-unsaturated/α-hetero) is 1. The fourth-order valence-corrected chi connectivity index (χ4v) is 2.69. The number of nitrogens with one attached hydrogen (secondary N) is 1. The Bertz CT molecular complexity index is 526. The maximum Gasteiger partial charge on any atom is 0.140 e. The Morgan fingerprint density at radius 2 is 2.06 bits per heavy atom. The predicted molar refractivity (Wildman–Crippen MR) is 64.5 cm³/mol. The maximum absolute atomic E-state index is 11.9. The molecule has 3 rings (SSSR count). The highest BCUT2D eigenvalue weighted by atomic mass is 16.1. The lowest BCUT2D eigenvalue weighted by molar-refractivity contribution is -0.121. The van der Waals surface area contributed by atoms with Gasteiger partial charge >= 0.3 is 0 Å². The lowest BCUT2D eigenvalue weighted by atomic mass is 9.83. The van der Waals surface area contributed by atoms with Gasteiger partial charge in [0.25, 0.3) is 0 Å². The minimum absolute atomic E-state index is 0.130. The van der Waals surface area contributed by atoms with Crippen LogP contribution in [0.2, 0.25) is 0 Å². The van der Waals surface area contributed by atoms with Gasteiger partial charge in [0.2, 0.25) is 0 Å². The van der Waals surface area contributed by atoms with E-state index in [-0.39, 0.29) is 5.92 Å². The van der Waals surface area contributed by atoms with Crippen molar-refractivity contribution in [3.63, 3.8) is 0 Å². The SMILES string of the molecule is O=C1CCCC[C@@H]1c1c[nH]c2ccccc12. The molecule has 2 nitrogen and oxygen atoms in total. The van der Waals surface area contributed by atoms with Crippen molar-refractivity contribution < 1.29 is 4.79 Å². The van der Waals surface area contributed by atoms with Gasteiger partial charge in [-0.1, -0.05) is 24.6 Å². The number of ketones is 1. The van der Waals surface area contributed by atoms with Gasteiger partial charge in [0.05, 0.1) is 0 Å². The van der Waals surface area contributed by atoms with Crippen molar-refractivity contribution in [1.82, 2.24) is 4.98 Å². The molecule has 1 aliphatic carbocycles. The molecule has 0 unspecified atom stereocenters. The van der Waals surface area contributed by atoms with Crippen LogP contribution in [0.15, 0.2) is 30.5 Å². The van der Waals surface area contributed by atoms with Crippen molar-refractivity contribution in [3.05, 3.63) is 36.0 Å². The summed E-state index contributed by atoms with van der Waals surface area (Å²) in [5.74, 6) is 0.543. The Hall–Kier alpha value is -1.57. The number of benzene rings is 1. The van der Waals surface area contributed by atoms with E-state index in [0.717, 1.165) is 24.8 Å². The number of H-pyrrole nitrogens is 1. The van der Waals surface area contributed by atoms with Gasteiger partial charge in [-0.05, 0) is 24.5 Å². The molecule has 0 saturated heterocycles. The van der Waals surface area contributed by atoms with Crippen molar-refractivity contribution >= 4 is 16.7 Å². The summed E-state index contributed by atoms with van der Waals surface area (Å²) in [6, 6.07) is 8.22. The van der Waals surface area contributed by atoms with Crippen LogP contribution in [0, 0.1) is 0 Å². The first kappa shape index (κ1) is 9.64. The molecule has 0 amide bonds. The fraction of sp³-hybridized carbons (Fsp3) is 0.357. The van der Waals surface area contributed by atoms with E-state index < -0.39 is 0 Å².